The van der Waals surface area contributed by atoms with Crippen LogP contribution >= 0.6 is 0 Å². The molecule has 2 N–H and O–H groups in total. The van der Waals surface area contributed by atoms with E-state index in [0.717, 1.165) is 18.4 Å². The molecule has 1 saturated heterocycles. The van der Waals surface area contributed by atoms with Crippen molar-refractivity contribution < 1.29 is 14.6 Å². The van der Waals surface area contributed by atoms with Crippen LogP contribution in [0.25, 0.3) is 0 Å². The van der Waals surface area contributed by atoms with Gasteiger partial charge in [-0.15, -0.1) is 0 Å². The van der Waals surface area contributed by atoms with Crippen LogP contribution in [0.1, 0.15) is 66.7 Å². The number of hydrogen-bond donors (Lipinski definition) is 2. The van der Waals surface area contributed by atoms with E-state index >= 15 is 0 Å². The Balaban J connectivity index is 1.69. The Hall–Kier alpha value is -1.39. The SMILES string of the molecule is COC12CC(C)(O)C3CC4(C)CCC(C(C)C=CC=C(C)C)C4CC=C(C(=O)N1)C32. The van der Waals surface area contributed by atoms with E-state index in [1.807, 2.05) is 6.92 Å². The monoisotopic (exact) mass is 413 g/mol. The van der Waals surface area contributed by atoms with Gasteiger partial charge in [-0.3, -0.25) is 4.79 Å². The molecule has 30 heavy (non-hydrogen) atoms. The average Bonchev–Trinajstić information content (AvgIpc) is 3.16. The van der Waals surface area contributed by atoms with Gasteiger partial charge < -0.3 is 15.2 Å². The second-order valence-electron chi connectivity index (χ2n) is 11.2. The van der Waals surface area contributed by atoms with Crippen molar-refractivity contribution in [2.45, 2.75) is 78.0 Å². The molecule has 0 bridgehead atoms. The van der Waals surface area contributed by atoms with Gasteiger partial charge in [0.1, 0.15) is 0 Å². The molecular weight excluding hydrogens is 374 g/mol. The molecule has 2 saturated carbocycles. The van der Waals surface area contributed by atoms with Crippen molar-refractivity contribution in [2.75, 3.05) is 7.11 Å². The van der Waals surface area contributed by atoms with E-state index in [2.05, 4.69) is 57.3 Å². The van der Waals surface area contributed by atoms with E-state index in [1.54, 1.807) is 7.11 Å². The molecule has 1 amide bonds. The fourth-order valence-corrected chi connectivity index (χ4v) is 7.32. The lowest BCUT2D eigenvalue weighted by Crippen LogP contribution is -2.46. The number of nitrogens with one attached hydrogen (secondary N) is 1. The highest BCUT2D eigenvalue weighted by Crippen LogP contribution is 2.63. The lowest BCUT2D eigenvalue weighted by molar-refractivity contribution is -0.123. The molecule has 8 unspecified atom stereocenters. The predicted octanol–water partition coefficient (Wildman–Crippen LogP) is 4.76. The van der Waals surface area contributed by atoms with Gasteiger partial charge in [-0.05, 0) is 75.5 Å². The highest BCUT2D eigenvalue weighted by molar-refractivity contribution is 5.97. The third kappa shape index (κ3) is 3.31. The summed E-state index contributed by atoms with van der Waals surface area (Å²) < 4.78 is 5.88. The largest absolute Gasteiger partial charge is 0.390 e. The zero-order valence-electron chi connectivity index (χ0n) is 19.5. The number of carbonyl (C=O) groups is 1. The molecule has 4 rings (SSSR count). The van der Waals surface area contributed by atoms with Crippen LogP contribution in [-0.4, -0.2) is 29.4 Å². The van der Waals surface area contributed by atoms with E-state index in [1.165, 1.54) is 18.4 Å². The summed E-state index contributed by atoms with van der Waals surface area (Å²) in [6.45, 7) is 11.0. The zero-order valence-corrected chi connectivity index (χ0v) is 19.5. The minimum Gasteiger partial charge on any atom is -0.390 e. The van der Waals surface area contributed by atoms with E-state index in [9.17, 15) is 9.90 Å². The second-order valence-corrected chi connectivity index (χ2v) is 11.2. The summed E-state index contributed by atoms with van der Waals surface area (Å²) in [5.74, 6) is 1.60. The molecule has 0 aromatic heterocycles. The van der Waals surface area contributed by atoms with Crippen LogP contribution in [0.15, 0.2) is 35.5 Å². The van der Waals surface area contributed by atoms with Crippen LogP contribution in [0, 0.1) is 35.0 Å². The molecule has 1 heterocycles. The summed E-state index contributed by atoms with van der Waals surface area (Å²) in [4.78, 5) is 12.9. The van der Waals surface area contributed by atoms with E-state index in [-0.39, 0.29) is 23.2 Å². The first kappa shape index (κ1) is 21.8. The van der Waals surface area contributed by atoms with Crippen molar-refractivity contribution in [3.05, 3.63) is 35.5 Å². The van der Waals surface area contributed by atoms with Crippen LogP contribution in [0.3, 0.4) is 0 Å². The standard InChI is InChI=1S/C26H39NO3/c1-16(2)8-7-9-17(3)18-12-13-24(4)14-21-22-19(10-11-20(18)24)23(28)27-26(22,30-6)15-25(21,5)29/h7-10,17-18,20-22,29H,11-15H2,1-6H3,(H,27,28). The first-order valence-corrected chi connectivity index (χ1v) is 11.6. The van der Waals surface area contributed by atoms with Gasteiger partial charge in [0.05, 0.1) is 5.60 Å². The van der Waals surface area contributed by atoms with Crippen molar-refractivity contribution in [3.8, 4) is 0 Å². The highest BCUT2D eigenvalue weighted by atomic mass is 16.5. The Morgan fingerprint density at radius 1 is 1.33 bits per heavy atom. The quantitative estimate of drug-likeness (QED) is 0.654. The van der Waals surface area contributed by atoms with E-state index in [4.69, 9.17) is 4.74 Å². The van der Waals surface area contributed by atoms with Gasteiger partial charge in [-0.1, -0.05) is 43.7 Å². The van der Waals surface area contributed by atoms with Crippen LogP contribution in [0.2, 0.25) is 0 Å². The maximum absolute atomic E-state index is 12.9. The molecule has 0 aromatic rings. The van der Waals surface area contributed by atoms with Crippen molar-refractivity contribution in [2.24, 2.45) is 35.0 Å². The lowest BCUT2D eigenvalue weighted by Gasteiger charge is -2.42. The smallest absolute Gasteiger partial charge is 0.249 e. The Morgan fingerprint density at radius 3 is 2.73 bits per heavy atom. The van der Waals surface area contributed by atoms with Crippen LogP contribution in [-0.2, 0) is 9.53 Å². The van der Waals surface area contributed by atoms with Gasteiger partial charge in [0, 0.05) is 25.0 Å². The summed E-state index contributed by atoms with van der Waals surface area (Å²) in [5.41, 5.74) is 0.744. The van der Waals surface area contributed by atoms with Gasteiger partial charge >= 0.3 is 0 Å². The molecule has 4 aliphatic rings. The number of aliphatic hydroxyl groups is 1. The second kappa shape index (κ2) is 7.34. The molecule has 166 valence electrons. The minimum atomic E-state index is -0.842. The van der Waals surface area contributed by atoms with Gasteiger partial charge in [0.2, 0.25) is 5.91 Å². The number of fused-ring (bicyclic) bond motifs is 1. The molecule has 4 heteroatoms. The summed E-state index contributed by atoms with van der Waals surface area (Å²) in [6, 6.07) is 0. The molecule has 3 aliphatic carbocycles. The third-order valence-electron chi connectivity index (χ3n) is 8.87. The number of methoxy groups -OCH3 is 1. The third-order valence-corrected chi connectivity index (χ3v) is 8.87. The molecular formula is C26H39NO3. The summed E-state index contributed by atoms with van der Waals surface area (Å²) in [6.07, 6.45) is 13.7. The molecule has 3 fully saturated rings. The first-order chi connectivity index (χ1) is 14.0. The van der Waals surface area contributed by atoms with E-state index < -0.39 is 11.3 Å². The summed E-state index contributed by atoms with van der Waals surface area (Å²) in [5, 5.41) is 14.5. The summed E-state index contributed by atoms with van der Waals surface area (Å²) in [7, 11) is 1.66. The molecule has 0 spiro atoms. The Bertz CT molecular complexity index is 805. The van der Waals surface area contributed by atoms with Crippen LogP contribution in [0.4, 0.5) is 0 Å². The fourth-order valence-electron chi connectivity index (χ4n) is 7.32. The average molecular weight is 414 g/mol. The molecule has 1 aliphatic heterocycles. The zero-order chi connectivity index (χ0) is 21.9. The Kier molecular flexibility index (Phi) is 5.34. The van der Waals surface area contributed by atoms with E-state index in [0.29, 0.717) is 24.2 Å². The fraction of sp³-hybridized carbons (Fsp3) is 0.731. The number of hydrogen-bond acceptors (Lipinski definition) is 3. The maximum Gasteiger partial charge on any atom is 0.249 e. The predicted molar refractivity (Wildman–Crippen MR) is 119 cm³/mol. The van der Waals surface area contributed by atoms with Gasteiger partial charge in [0.25, 0.3) is 0 Å². The normalized spacial score (nSPS) is 46.0. The van der Waals surface area contributed by atoms with Crippen molar-refractivity contribution in [1.29, 1.82) is 0 Å². The van der Waals surface area contributed by atoms with Crippen molar-refractivity contribution in [3.63, 3.8) is 0 Å². The number of allylic oxidation sites excluding steroid dienone is 5. The van der Waals surface area contributed by atoms with Crippen molar-refractivity contribution >= 4 is 5.91 Å². The van der Waals surface area contributed by atoms with Crippen molar-refractivity contribution in [1.82, 2.24) is 5.32 Å². The van der Waals surface area contributed by atoms with Gasteiger partial charge in [0.15, 0.2) is 5.72 Å². The topological polar surface area (TPSA) is 58.6 Å². The molecule has 0 radical (unpaired) electrons. The number of ether oxygens (including phenoxy) is 1. The summed E-state index contributed by atoms with van der Waals surface area (Å²) >= 11 is 0. The molecule has 0 aromatic carbocycles. The number of amides is 1. The number of carbonyl (C=O) groups excluding carboxylic acids is 1. The molecule has 8 atom stereocenters. The minimum absolute atomic E-state index is 0.00278. The maximum atomic E-state index is 12.9. The van der Waals surface area contributed by atoms with Crippen LogP contribution in [0.5, 0.6) is 0 Å². The van der Waals surface area contributed by atoms with Gasteiger partial charge in [-0.2, -0.15) is 0 Å². The molecule has 4 nitrogen and oxygen atoms in total. The lowest BCUT2D eigenvalue weighted by atomic mass is 9.63. The van der Waals surface area contributed by atoms with Crippen LogP contribution < -0.4 is 5.32 Å². The Morgan fingerprint density at radius 2 is 2.07 bits per heavy atom. The first-order valence-electron chi connectivity index (χ1n) is 11.6. The Labute approximate surface area is 181 Å². The number of rotatable bonds is 4. The van der Waals surface area contributed by atoms with Gasteiger partial charge in [-0.25, -0.2) is 0 Å². The highest BCUT2D eigenvalue weighted by Gasteiger charge is 2.67.